The molecule has 1 aliphatic heterocycles. The summed E-state index contributed by atoms with van der Waals surface area (Å²) in [6.45, 7) is 4.96. The van der Waals surface area contributed by atoms with Crippen LogP contribution in [0.25, 0.3) is 0 Å². The van der Waals surface area contributed by atoms with E-state index in [1.54, 1.807) is 11.1 Å². The van der Waals surface area contributed by atoms with Gasteiger partial charge in [-0.2, -0.15) is 0 Å². The zero-order valence-electron chi connectivity index (χ0n) is 10.8. The number of aliphatic hydroxyl groups is 1. The van der Waals surface area contributed by atoms with E-state index in [4.69, 9.17) is 0 Å². The smallest absolute Gasteiger partial charge is 0.0832 e. The molecule has 0 aromatic rings. The largest absolute Gasteiger partial charge is 0.395 e. The third-order valence-corrected chi connectivity index (χ3v) is 8.64. The molecular weight excluding hydrogens is 248 g/mol. The van der Waals surface area contributed by atoms with Gasteiger partial charge in [0.15, 0.2) is 0 Å². The number of allylic oxidation sites excluding steroid dienone is 1. The summed E-state index contributed by atoms with van der Waals surface area (Å²) >= 11 is 4.30. The summed E-state index contributed by atoms with van der Waals surface area (Å²) in [4.78, 5) is 0. The first-order valence-electron chi connectivity index (χ1n) is 6.74. The highest BCUT2D eigenvalue weighted by molar-refractivity contribution is 8.21. The van der Waals surface area contributed by atoms with Gasteiger partial charge in [-0.25, -0.2) is 0 Å². The van der Waals surface area contributed by atoms with Crippen LogP contribution in [-0.2, 0) is 0 Å². The molecule has 96 valence electrons. The summed E-state index contributed by atoms with van der Waals surface area (Å²) in [7, 11) is 0. The second-order valence-corrected chi connectivity index (χ2v) is 8.99. The molecule has 3 heteroatoms. The quantitative estimate of drug-likeness (QED) is 0.734. The molecule has 1 heterocycles. The van der Waals surface area contributed by atoms with Crippen molar-refractivity contribution in [1.82, 2.24) is 0 Å². The molecule has 1 fully saturated rings. The number of aliphatic hydroxyl groups excluding tert-OH is 1. The van der Waals surface area contributed by atoms with E-state index in [9.17, 15) is 5.11 Å². The van der Waals surface area contributed by atoms with Crippen molar-refractivity contribution >= 4 is 23.5 Å². The molecular formula is C14H22OS2. The first-order chi connectivity index (χ1) is 8.12. The van der Waals surface area contributed by atoms with Crippen LogP contribution in [-0.4, -0.2) is 27.3 Å². The van der Waals surface area contributed by atoms with Crippen molar-refractivity contribution in [3.8, 4) is 0 Å². The first-order valence-corrected chi connectivity index (χ1v) is 8.71. The van der Waals surface area contributed by atoms with Crippen molar-refractivity contribution in [1.29, 1.82) is 0 Å². The van der Waals surface area contributed by atoms with Crippen LogP contribution in [0.4, 0.5) is 0 Å². The molecule has 1 N–H and O–H groups in total. The van der Waals surface area contributed by atoms with Crippen LogP contribution in [0.5, 0.6) is 0 Å². The predicted octanol–water partition coefficient (Wildman–Crippen LogP) is 3.68. The number of hydrogen-bond donors (Lipinski definition) is 1. The van der Waals surface area contributed by atoms with E-state index >= 15 is 0 Å². The van der Waals surface area contributed by atoms with Crippen LogP contribution < -0.4 is 0 Å². The molecule has 1 spiro atoms. The summed E-state index contributed by atoms with van der Waals surface area (Å²) < 4.78 is 0.349. The second-order valence-electron chi connectivity index (χ2n) is 5.94. The maximum Gasteiger partial charge on any atom is 0.0832 e. The molecule has 0 aromatic heterocycles. The fourth-order valence-electron chi connectivity index (χ4n) is 3.86. The van der Waals surface area contributed by atoms with Crippen molar-refractivity contribution in [2.45, 2.75) is 43.6 Å². The highest BCUT2D eigenvalue weighted by Crippen LogP contribution is 2.65. The Morgan fingerprint density at radius 1 is 1.29 bits per heavy atom. The molecule has 0 aromatic carbocycles. The van der Waals surface area contributed by atoms with E-state index in [1.807, 2.05) is 0 Å². The molecule has 17 heavy (non-hydrogen) atoms. The van der Waals surface area contributed by atoms with Gasteiger partial charge in [-0.15, -0.1) is 23.5 Å². The Balaban J connectivity index is 2.07. The average molecular weight is 270 g/mol. The van der Waals surface area contributed by atoms with Crippen LogP contribution in [0.15, 0.2) is 11.1 Å². The summed E-state index contributed by atoms with van der Waals surface area (Å²) in [6.07, 6.45) is 5.16. The molecule has 3 rings (SSSR count). The maximum absolute atomic E-state index is 9.96. The van der Waals surface area contributed by atoms with Gasteiger partial charge in [-0.1, -0.05) is 19.4 Å². The molecule has 3 aliphatic rings. The maximum atomic E-state index is 9.96. The second kappa shape index (κ2) is 4.21. The van der Waals surface area contributed by atoms with Crippen molar-refractivity contribution in [3.63, 3.8) is 0 Å². The fraction of sp³-hybridized carbons (Fsp3) is 0.857. The van der Waals surface area contributed by atoms with Crippen LogP contribution in [0.1, 0.15) is 39.5 Å². The van der Waals surface area contributed by atoms with Crippen molar-refractivity contribution in [3.05, 3.63) is 11.1 Å². The van der Waals surface area contributed by atoms with Gasteiger partial charge in [-0.05, 0) is 37.2 Å². The van der Waals surface area contributed by atoms with E-state index in [1.165, 1.54) is 37.2 Å². The lowest BCUT2D eigenvalue weighted by Gasteiger charge is -2.45. The monoisotopic (exact) mass is 270 g/mol. The minimum absolute atomic E-state index is 0.0500. The molecule has 1 nitrogen and oxygen atoms in total. The topological polar surface area (TPSA) is 20.2 Å². The van der Waals surface area contributed by atoms with Crippen LogP contribution >= 0.6 is 23.5 Å². The van der Waals surface area contributed by atoms with Gasteiger partial charge >= 0.3 is 0 Å². The van der Waals surface area contributed by atoms with E-state index in [0.717, 1.165) is 0 Å². The van der Waals surface area contributed by atoms with Gasteiger partial charge in [0, 0.05) is 16.9 Å². The Bertz CT molecular complexity index is 357. The lowest BCUT2D eigenvalue weighted by Crippen LogP contribution is -2.40. The van der Waals surface area contributed by atoms with Gasteiger partial charge < -0.3 is 5.11 Å². The summed E-state index contributed by atoms with van der Waals surface area (Å²) in [5.41, 5.74) is 3.40. The molecule has 2 atom stereocenters. The number of thioether (sulfide) groups is 2. The van der Waals surface area contributed by atoms with E-state index in [-0.39, 0.29) is 5.41 Å². The molecule has 2 aliphatic carbocycles. The Morgan fingerprint density at radius 3 is 2.65 bits per heavy atom. The Kier molecular flexibility index (Phi) is 3.08. The minimum Gasteiger partial charge on any atom is -0.395 e. The summed E-state index contributed by atoms with van der Waals surface area (Å²) in [5.74, 6) is 3.21. The number of hydrogen-bond acceptors (Lipinski definition) is 3. The Labute approximate surface area is 113 Å². The summed E-state index contributed by atoms with van der Waals surface area (Å²) in [5, 5.41) is 9.96. The standard InChI is InChI=1S/C14H22OS2/c1-10-3-4-11-5-6-14(16-7-8-17-14)12(11)13(10,2)9-15/h10,15H,3-9H2,1-2H3/t10-,13+/m0/s1. The van der Waals surface area contributed by atoms with Gasteiger partial charge in [0.1, 0.15) is 0 Å². The van der Waals surface area contributed by atoms with Crippen LogP contribution in [0.2, 0.25) is 0 Å². The number of fused-ring (bicyclic) bond motifs is 1. The van der Waals surface area contributed by atoms with Gasteiger partial charge in [0.25, 0.3) is 0 Å². The average Bonchev–Trinajstić information content (AvgIpc) is 2.94. The third kappa shape index (κ3) is 1.65. The first kappa shape index (κ1) is 12.4. The van der Waals surface area contributed by atoms with E-state index in [0.29, 0.717) is 16.6 Å². The SMILES string of the molecule is C[C@H]1CCC2=C(C3(CC2)SCCS3)[C@]1(C)CO. The zero-order chi connectivity index (χ0) is 12.1. The van der Waals surface area contributed by atoms with Crippen LogP contribution in [0.3, 0.4) is 0 Å². The molecule has 0 amide bonds. The molecule has 0 unspecified atom stereocenters. The molecule has 1 saturated heterocycles. The third-order valence-electron chi connectivity index (χ3n) is 5.11. The zero-order valence-corrected chi connectivity index (χ0v) is 12.4. The van der Waals surface area contributed by atoms with Crippen molar-refractivity contribution < 1.29 is 5.11 Å². The van der Waals surface area contributed by atoms with Crippen molar-refractivity contribution in [2.75, 3.05) is 18.1 Å². The molecule has 0 bridgehead atoms. The molecule has 0 radical (unpaired) electrons. The van der Waals surface area contributed by atoms with E-state index < -0.39 is 0 Å². The fourth-order valence-corrected chi connectivity index (χ4v) is 7.55. The minimum atomic E-state index is 0.0500. The van der Waals surface area contributed by atoms with E-state index in [2.05, 4.69) is 37.4 Å². The van der Waals surface area contributed by atoms with Gasteiger partial charge in [0.05, 0.1) is 10.7 Å². The van der Waals surface area contributed by atoms with Gasteiger partial charge in [-0.3, -0.25) is 0 Å². The van der Waals surface area contributed by atoms with Crippen molar-refractivity contribution in [2.24, 2.45) is 11.3 Å². The van der Waals surface area contributed by atoms with Crippen LogP contribution in [0, 0.1) is 11.3 Å². The lowest BCUT2D eigenvalue weighted by atomic mass is 9.65. The molecule has 0 saturated carbocycles. The van der Waals surface area contributed by atoms with Gasteiger partial charge in [0.2, 0.25) is 0 Å². The predicted molar refractivity (Wildman–Crippen MR) is 77.5 cm³/mol. The number of rotatable bonds is 1. The Morgan fingerprint density at radius 2 is 2.00 bits per heavy atom. The normalized spacial score (nSPS) is 40.1. The lowest BCUT2D eigenvalue weighted by molar-refractivity contribution is 0.106. The highest BCUT2D eigenvalue weighted by Gasteiger charge is 2.54. The Hall–Kier alpha value is 0.400. The highest BCUT2D eigenvalue weighted by atomic mass is 32.2. The summed E-state index contributed by atoms with van der Waals surface area (Å²) in [6, 6.07) is 0.